The van der Waals surface area contributed by atoms with Gasteiger partial charge in [0.2, 0.25) is 11.8 Å². The lowest BCUT2D eigenvalue weighted by molar-refractivity contribution is -0.132. The molecule has 1 aliphatic heterocycles. The molecule has 4 rings (SSSR count). The van der Waals surface area contributed by atoms with E-state index in [-0.39, 0.29) is 24.3 Å². The Morgan fingerprint density at radius 1 is 1.00 bits per heavy atom. The number of rotatable bonds is 7. The van der Waals surface area contributed by atoms with Crippen LogP contribution in [0.1, 0.15) is 62.9 Å². The largest absolute Gasteiger partial charge is 0.335 e. The van der Waals surface area contributed by atoms with E-state index in [0.717, 1.165) is 49.6 Å². The van der Waals surface area contributed by atoms with Crippen LogP contribution in [0.2, 0.25) is 5.02 Å². The average Bonchev–Trinajstić information content (AvgIpc) is 3.37. The standard InChI is InChI=1S/C31H40ClN5O2/c1-4-9-29(38)37-16-8-15-34(21-25-10-6-5-7-11-25)18-19-35(22-26-12-13-27(32)20-28(26)37)30(39)23-36-17-14-33-31(36)24(2)3/h5-7,10-14,17,20,24H,4,8-9,15-16,18-19,21-23H2,1-3H3. The van der Waals surface area contributed by atoms with Crippen LogP contribution < -0.4 is 4.90 Å². The Morgan fingerprint density at radius 2 is 1.79 bits per heavy atom. The molecule has 8 heteroatoms. The van der Waals surface area contributed by atoms with Gasteiger partial charge in [0, 0.05) is 69.0 Å². The summed E-state index contributed by atoms with van der Waals surface area (Å²) in [4.78, 5) is 37.8. The summed E-state index contributed by atoms with van der Waals surface area (Å²) in [6, 6.07) is 16.1. The second kappa shape index (κ2) is 13.8. The van der Waals surface area contributed by atoms with Crippen LogP contribution in [0.5, 0.6) is 0 Å². The number of benzene rings is 2. The summed E-state index contributed by atoms with van der Waals surface area (Å²) in [6.07, 6.45) is 5.71. The minimum Gasteiger partial charge on any atom is -0.335 e. The van der Waals surface area contributed by atoms with Crippen LogP contribution in [0, 0.1) is 0 Å². The van der Waals surface area contributed by atoms with Gasteiger partial charge < -0.3 is 14.4 Å². The number of halogens is 1. The van der Waals surface area contributed by atoms with Gasteiger partial charge in [0.05, 0.1) is 5.69 Å². The Labute approximate surface area is 237 Å². The van der Waals surface area contributed by atoms with Gasteiger partial charge in [-0.1, -0.05) is 68.8 Å². The van der Waals surface area contributed by atoms with E-state index in [1.165, 1.54) is 5.56 Å². The molecule has 0 fully saturated rings. The van der Waals surface area contributed by atoms with Crippen LogP contribution in [0.4, 0.5) is 5.69 Å². The van der Waals surface area contributed by atoms with E-state index in [9.17, 15) is 9.59 Å². The third-order valence-electron chi connectivity index (χ3n) is 7.18. The van der Waals surface area contributed by atoms with Crippen LogP contribution in [-0.2, 0) is 29.2 Å². The maximum absolute atomic E-state index is 13.8. The van der Waals surface area contributed by atoms with Crippen molar-refractivity contribution in [3.8, 4) is 0 Å². The number of anilines is 1. The smallest absolute Gasteiger partial charge is 0.242 e. The molecule has 208 valence electrons. The highest BCUT2D eigenvalue weighted by atomic mass is 35.5. The van der Waals surface area contributed by atoms with Crippen molar-refractivity contribution in [2.45, 2.75) is 65.6 Å². The number of aromatic nitrogens is 2. The Kier molecular flexibility index (Phi) is 10.2. The van der Waals surface area contributed by atoms with Crippen molar-refractivity contribution >= 4 is 29.1 Å². The van der Waals surface area contributed by atoms with E-state index in [2.05, 4.69) is 48.0 Å². The van der Waals surface area contributed by atoms with Crippen molar-refractivity contribution in [1.29, 1.82) is 0 Å². The third-order valence-corrected chi connectivity index (χ3v) is 7.41. The zero-order valence-electron chi connectivity index (χ0n) is 23.4. The highest BCUT2D eigenvalue weighted by Gasteiger charge is 2.24. The van der Waals surface area contributed by atoms with Crippen molar-refractivity contribution in [1.82, 2.24) is 19.4 Å². The molecular weight excluding hydrogens is 510 g/mol. The maximum atomic E-state index is 13.8. The molecule has 0 aliphatic carbocycles. The molecule has 0 spiro atoms. The number of nitrogens with zero attached hydrogens (tertiary/aromatic N) is 5. The van der Waals surface area contributed by atoms with Crippen molar-refractivity contribution in [3.63, 3.8) is 0 Å². The lowest BCUT2D eigenvalue weighted by Gasteiger charge is -2.29. The molecule has 0 radical (unpaired) electrons. The van der Waals surface area contributed by atoms with E-state index in [4.69, 9.17) is 11.6 Å². The molecule has 0 saturated heterocycles. The van der Waals surface area contributed by atoms with Crippen LogP contribution in [0.3, 0.4) is 0 Å². The Bertz CT molecular complexity index is 1240. The number of amides is 2. The molecule has 2 aromatic carbocycles. The topological polar surface area (TPSA) is 61.7 Å². The van der Waals surface area contributed by atoms with E-state index in [1.54, 1.807) is 6.20 Å². The number of fused-ring (bicyclic) bond motifs is 1. The monoisotopic (exact) mass is 549 g/mol. The normalized spacial score (nSPS) is 15.2. The van der Waals surface area contributed by atoms with Crippen LogP contribution >= 0.6 is 11.6 Å². The fraction of sp³-hybridized carbons (Fsp3) is 0.452. The third kappa shape index (κ3) is 7.70. The lowest BCUT2D eigenvalue weighted by Crippen LogP contribution is -2.40. The van der Waals surface area contributed by atoms with Gasteiger partial charge in [0.15, 0.2) is 0 Å². The lowest BCUT2D eigenvalue weighted by atomic mass is 10.1. The highest BCUT2D eigenvalue weighted by molar-refractivity contribution is 6.31. The molecule has 7 nitrogen and oxygen atoms in total. The summed E-state index contributed by atoms with van der Waals surface area (Å²) < 4.78 is 1.94. The first-order chi connectivity index (χ1) is 18.9. The van der Waals surface area contributed by atoms with E-state index in [1.807, 2.05) is 51.8 Å². The Morgan fingerprint density at radius 3 is 2.54 bits per heavy atom. The first kappa shape index (κ1) is 28.8. The van der Waals surface area contributed by atoms with E-state index in [0.29, 0.717) is 31.1 Å². The zero-order chi connectivity index (χ0) is 27.8. The molecule has 1 aliphatic rings. The van der Waals surface area contributed by atoms with Crippen molar-refractivity contribution in [2.75, 3.05) is 31.1 Å². The fourth-order valence-electron chi connectivity index (χ4n) is 5.17. The number of hydrogen-bond donors (Lipinski definition) is 0. The minimum atomic E-state index is 0.0288. The first-order valence-electron chi connectivity index (χ1n) is 14.0. The second-order valence-corrected chi connectivity index (χ2v) is 11.0. The number of carbonyl (C=O) groups is 2. The summed E-state index contributed by atoms with van der Waals surface area (Å²) in [5.74, 6) is 1.24. The van der Waals surface area contributed by atoms with Gasteiger partial charge in [-0.3, -0.25) is 14.5 Å². The van der Waals surface area contributed by atoms with Crippen LogP contribution in [0.15, 0.2) is 60.9 Å². The predicted octanol–water partition coefficient (Wildman–Crippen LogP) is 5.73. The zero-order valence-corrected chi connectivity index (χ0v) is 24.1. The van der Waals surface area contributed by atoms with Crippen LogP contribution in [-0.4, -0.2) is 57.3 Å². The summed E-state index contributed by atoms with van der Waals surface area (Å²) in [7, 11) is 0. The quantitative estimate of drug-likeness (QED) is 0.378. The number of hydrogen-bond acceptors (Lipinski definition) is 4. The molecule has 39 heavy (non-hydrogen) atoms. The van der Waals surface area contributed by atoms with E-state index >= 15 is 0 Å². The Hall–Kier alpha value is -3.16. The summed E-state index contributed by atoms with van der Waals surface area (Å²) in [5.41, 5.74) is 2.98. The first-order valence-corrected chi connectivity index (χ1v) is 14.4. The van der Waals surface area contributed by atoms with Crippen molar-refractivity contribution in [2.24, 2.45) is 0 Å². The van der Waals surface area contributed by atoms with Crippen molar-refractivity contribution in [3.05, 3.63) is 82.9 Å². The van der Waals surface area contributed by atoms with Gasteiger partial charge in [-0.15, -0.1) is 0 Å². The van der Waals surface area contributed by atoms with Gasteiger partial charge in [-0.05, 0) is 36.1 Å². The second-order valence-electron chi connectivity index (χ2n) is 10.6. The van der Waals surface area contributed by atoms with Gasteiger partial charge in [-0.2, -0.15) is 0 Å². The van der Waals surface area contributed by atoms with Crippen molar-refractivity contribution < 1.29 is 9.59 Å². The molecule has 0 unspecified atom stereocenters. The van der Waals surface area contributed by atoms with Gasteiger partial charge in [0.25, 0.3) is 0 Å². The molecule has 3 aromatic rings. The summed E-state index contributed by atoms with van der Waals surface area (Å²) >= 11 is 6.44. The van der Waals surface area contributed by atoms with Gasteiger partial charge >= 0.3 is 0 Å². The molecule has 2 amide bonds. The molecule has 0 bridgehead atoms. The maximum Gasteiger partial charge on any atom is 0.242 e. The average molecular weight is 550 g/mol. The summed E-state index contributed by atoms with van der Waals surface area (Å²) in [5, 5.41) is 0.585. The van der Waals surface area contributed by atoms with E-state index < -0.39 is 0 Å². The molecule has 0 N–H and O–H groups in total. The number of imidazole rings is 1. The minimum absolute atomic E-state index is 0.0288. The summed E-state index contributed by atoms with van der Waals surface area (Å²) in [6.45, 7) is 10.4. The van der Waals surface area contributed by atoms with Crippen LogP contribution in [0.25, 0.3) is 0 Å². The highest BCUT2D eigenvalue weighted by Crippen LogP contribution is 2.28. The Balaban J connectivity index is 1.66. The molecule has 0 atom stereocenters. The van der Waals surface area contributed by atoms with Gasteiger partial charge in [0.1, 0.15) is 12.4 Å². The molecule has 2 heterocycles. The molecule has 0 saturated carbocycles. The predicted molar refractivity (Wildman–Crippen MR) is 157 cm³/mol. The SMILES string of the molecule is CCCC(=O)N1CCCN(Cc2ccccc2)CCN(C(=O)Cn2ccnc2C(C)C)Cc2ccc(Cl)cc21. The molecule has 1 aromatic heterocycles. The van der Waals surface area contributed by atoms with Gasteiger partial charge in [-0.25, -0.2) is 4.98 Å². The fourth-order valence-corrected chi connectivity index (χ4v) is 5.34. The molecular formula is C31H40ClN5O2. The number of carbonyl (C=O) groups excluding carboxylic acids is 2.